The molecule has 3 rings (SSSR count). The molecule has 0 fully saturated rings. The Morgan fingerprint density at radius 1 is 0.955 bits per heavy atom. The predicted octanol–water partition coefficient (Wildman–Crippen LogP) is 1.08. The van der Waals surface area contributed by atoms with E-state index in [4.69, 9.17) is 0 Å². The molecule has 112 valence electrons. The third-order valence-electron chi connectivity index (χ3n) is 3.17. The van der Waals surface area contributed by atoms with Crippen molar-refractivity contribution in [2.24, 2.45) is 0 Å². The van der Waals surface area contributed by atoms with Crippen molar-refractivity contribution in [3.63, 3.8) is 0 Å². The van der Waals surface area contributed by atoms with Crippen LogP contribution in [-0.4, -0.2) is 25.3 Å². The molecule has 0 bridgehead atoms. The van der Waals surface area contributed by atoms with Gasteiger partial charge in [-0.2, -0.15) is 0 Å². The number of aromatic hydroxyl groups is 1. The molecule has 2 aromatic rings. The number of carbonyl (C=O) groups is 2. The van der Waals surface area contributed by atoms with Crippen LogP contribution in [-0.2, 0) is 10.0 Å². The van der Waals surface area contributed by atoms with Gasteiger partial charge < -0.3 is 5.11 Å². The Hall–Kier alpha value is -2.87. The summed E-state index contributed by atoms with van der Waals surface area (Å²) in [6.07, 6.45) is 0. The zero-order valence-electron chi connectivity index (χ0n) is 11.0. The van der Waals surface area contributed by atoms with Crippen molar-refractivity contribution >= 4 is 27.5 Å². The zero-order chi connectivity index (χ0) is 15.9. The van der Waals surface area contributed by atoms with Gasteiger partial charge in [-0.15, -0.1) is 0 Å². The maximum absolute atomic E-state index is 12.3. The van der Waals surface area contributed by atoms with Crippen LogP contribution in [0.2, 0.25) is 0 Å². The fourth-order valence-corrected chi connectivity index (χ4v) is 3.18. The van der Waals surface area contributed by atoms with Gasteiger partial charge in [0.15, 0.2) is 0 Å². The third-order valence-corrected chi connectivity index (χ3v) is 4.53. The smallest absolute Gasteiger partial charge is 0.262 e. The molecule has 3 N–H and O–H groups in total. The molecule has 22 heavy (non-hydrogen) atoms. The number of carbonyl (C=O) groups excluding carboxylic acids is 2. The van der Waals surface area contributed by atoms with Crippen LogP contribution in [0.25, 0.3) is 0 Å². The summed E-state index contributed by atoms with van der Waals surface area (Å²) in [5.74, 6) is -1.42. The predicted molar refractivity (Wildman–Crippen MR) is 77.2 cm³/mol. The van der Waals surface area contributed by atoms with Crippen LogP contribution in [0.4, 0.5) is 5.69 Å². The molecule has 1 aliphatic rings. The highest BCUT2D eigenvalue weighted by Gasteiger charge is 2.28. The summed E-state index contributed by atoms with van der Waals surface area (Å²) < 4.78 is 26.8. The first-order valence-electron chi connectivity index (χ1n) is 6.19. The van der Waals surface area contributed by atoms with Gasteiger partial charge in [-0.05, 0) is 30.3 Å². The number of rotatable bonds is 3. The molecule has 0 aromatic heterocycles. The summed E-state index contributed by atoms with van der Waals surface area (Å²) in [7, 11) is -4.00. The van der Waals surface area contributed by atoms with Gasteiger partial charge in [0.2, 0.25) is 0 Å². The molecule has 0 atom stereocenters. The highest BCUT2D eigenvalue weighted by atomic mass is 32.2. The van der Waals surface area contributed by atoms with Crippen LogP contribution in [0.5, 0.6) is 5.75 Å². The van der Waals surface area contributed by atoms with Crippen molar-refractivity contribution in [2.75, 3.05) is 4.72 Å². The molecule has 7 nitrogen and oxygen atoms in total. The molecule has 1 heterocycles. The number of anilines is 1. The van der Waals surface area contributed by atoms with E-state index in [1.54, 1.807) is 12.1 Å². The van der Waals surface area contributed by atoms with Crippen molar-refractivity contribution in [2.45, 2.75) is 4.90 Å². The lowest BCUT2D eigenvalue weighted by Gasteiger charge is -2.10. The summed E-state index contributed by atoms with van der Waals surface area (Å²) in [6, 6.07) is 9.47. The second kappa shape index (κ2) is 4.85. The van der Waals surface area contributed by atoms with E-state index in [-0.39, 0.29) is 27.5 Å². The quantitative estimate of drug-likeness (QED) is 0.579. The van der Waals surface area contributed by atoms with Crippen molar-refractivity contribution in [3.8, 4) is 5.75 Å². The highest BCUT2D eigenvalue weighted by molar-refractivity contribution is 7.92. The number of sulfonamides is 1. The molecular weight excluding hydrogens is 308 g/mol. The number of amides is 2. The summed E-state index contributed by atoms with van der Waals surface area (Å²) in [6.45, 7) is 0. The molecule has 0 aliphatic carbocycles. The lowest BCUT2D eigenvalue weighted by molar-refractivity contribution is 0.0879. The number of phenolic OH excluding ortho intramolecular Hbond substituents is 1. The molecule has 1 aliphatic heterocycles. The maximum atomic E-state index is 12.3. The fourth-order valence-electron chi connectivity index (χ4n) is 2.08. The largest absolute Gasteiger partial charge is 0.506 e. The molecule has 0 saturated carbocycles. The minimum Gasteiger partial charge on any atom is -0.506 e. The molecular formula is C14H10N2O5S. The Balaban J connectivity index is 2.01. The summed E-state index contributed by atoms with van der Waals surface area (Å²) in [4.78, 5) is 22.8. The van der Waals surface area contributed by atoms with Gasteiger partial charge in [0, 0.05) is 0 Å². The molecule has 0 unspecified atom stereocenters. The van der Waals surface area contributed by atoms with E-state index in [9.17, 15) is 23.1 Å². The first-order valence-corrected chi connectivity index (χ1v) is 7.67. The maximum Gasteiger partial charge on any atom is 0.262 e. The van der Waals surface area contributed by atoms with Gasteiger partial charge >= 0.3 is 0 Å². The second-order valence-corrected chi connectivity index (χ2v) is 6.30. The molecule has 0 radical (unpaired) electrons. The SMILES string of the molecule is O=C1NC(=O)c2cc(S(=O)(=O)Nc3ccccc3O)ccc21. The number of benzene rings is 2. The van der Waals surface area contributed by atoms with E-state index >= 15 is 0 Å². The first kappa shape index (κ1) is 14.1. The van der Waals surface area contributed by atoms with E-state index < -0.39 is 21.8 Å². The molecule has 8 heteroatoms. The van der Waals surface area contributed by atoms with Gasteiger partial charge in [-0.3, -0.25) is 19.6 Å². The normalized spacial score (nSPS) is 13.6. The Bertz CT molecular complexity index is 905. The molecule has 0 saturated heterocycles. The lowest BCUT2D eigenvalue weighted by Crippen LogP contribution is -2.19. The minimum absolute atomic E-state index is 0.00478. The first-order chi connectivity index (χ1) is 10.4. The van der Waals surface area contributed by atoms with Gasteiger partial charge in [0.05, 0.1) is 21.7 Å². The standard InChI is InChI=1S/C14H10N2O5S/c17-12-4-2-1-3-11(12)16-22(20,21)8-5-6-9-10(7-8)14(19)15-13(9)18/h1-7,16-17H,(H,15,18,19). The summed E-state index contributed by atoms with van der Waals surface area (Å²) in [5.41, 5.74) is 0.153. The number of hydrogen-bond acceptors (Lipinski definition) is 5. The minimum atomic E-state index is -4.00. The van der Waals surface area contributed by atoms with Crippen molar-refractivity contribution in [1.29, 1.82) is 0 Å². The van der Waals surface area contributed by atoms with Crippen LogP contribution < -0.4 is 10.0 Å². The van der Waals surface area contributed by atoms with Crippen LogP contribution >= 0.6 is 0 Å². The Labute approximate surface area is 125 Å². The van der Waals surface area contributed by atoms with E-state index in [0.29, 0.717) is 0 Å². The number of nitrogens with one attached hydrogen (secondary N) is 2. The number of phenols is 1. The number of hydrogen-bond donors (Lipinski definition) is 3. The highest BCUT2D eigenvalue weighted by Crippen LogP contribution is 2.26. The Kier molecular flexibility index (Phi) is 3.10. The van der Waals surface area contributed by atoms with Crippen LogP contribution in [0, 0.1) is 0 Å². The number of para-hydroxylation sites is 2. The van der Waals surface area contributed by atoms with Crippen LogP contribution in [0.15, 0.2) is 47.4 Å². The van der Waals surface area contributed by atoms with Gasteiger partial charge in [0.1, 0.15) is 5.75 Å². The van der Waals surface area contributed by atoms with Crippen LogP contribution in [0.3, 0.4) is 0 Å². The topological polar surface area (TPSA) is 113 Å². The molecule has 2 aromatic carbocycles. The van der Waals surface area contributed by atoms with Crippen LogP contribution in [0.1, 0.15) is 20.7 Å². The lowest BCUT2D eigenvalue weighted by atomic mass is 10.1. The average Bonchev–Trinajstić information content (AvgIpc) is 2.76. The Morgan fingerprint density at radius 3 is 2.36 bits per heavy atom. The monoisotopic (exact) mass is 318 g/mol. The Morgan fingerprint density at radius 2 is 1.64 bits per heavy atom. The fraction of sp³-hybridized carbons (Fsp3) is 0. The van der Waals surface area contributed by atoms with Gasteiger partial charge in [-0.25, -0.2) is 8.42 Å². The van der Waals surface area contributed by atoms with E-state index in [1.165, 1.54) is 24.3 Å². The van der Waals surface area contributed by atoms with E-state index in [2.05, 4.69) is 10.0 Å². The number of fused-ring (bicyclic) bond motifs is 1. The third kappa shape index (κ3) is 2.29. The summed E-state index contributed by atoms with van der Waals surface area (Å²) >= 11 is 0. The van der Waals surface area contributed by atoms with Crippen molar-refractivity contribution in [1.82, 2.24) is 5.32 Å². The van der Waals surface area contributed by atoms with E-state index in [0.717, 1.165) is 6.07 Å². The van der Waals surface area contributed by atoms with Crippen molar-refractivity contribution < 1.29 is 23.1 Å². The van der Waals surface area contributed by atoms with Gasteiger partial charge in [-0.1, -0.05) is 12.1 Å². The zero-order valence-corrected chi connectivity index (χ0v) is 11.8. The van der Waals surface area contributed by atoms with Gasteiger partial charge in [0.25, 0.3) is 21.8 Å². The average molecular weight is 318 g/mol. The number of imide groups is 1. The molecule has 0 spiro atoms. The molecule has 2 amide bonds. The van der Waals surface area contributed by atoms with E-state index in [1.807, 2.05) is 0 Å². The van der Waals surface area contributed by atoms with Crippen molar-refractivity contribution in [3.05, 3.63) is 53.6 Å². The summed E-state index contributed by atoms with van der Waals surface area (Å²) in [5, 5.41) is 11.7. The second-order valence-electron chi connectivity index (χ2n) is 4.61.